The van der Waals surface area contributed by atoms with E-state index in [1.807, 2.05) is 57.2 Å². The van der Waals surface area contributed by atoms with Crippen LogP contribution >= 0.6 is 11.6 Å². The van der Waals surface area contributed by atoms with E-state index in [-0.39, 0.29) is 5.57 Å². The number of nitriles is 1. The fourth-order valence-corrected chi connectivity index (χ4v) is 3.08. The number of halogens is 1. The van der Waals surface area contributed by atoms with Crippen molar-refractivity contribution >= 4 is 29.3 Å². The largest absolute Gasteiger partial charge is 0.321 e. The van der Waals surface area contributed by atoms with Gasteiger partial charge in [0.25, 0.3) is 5.91 Å². The van der Waals surface area contributed by atoms with Gasteiger partial charge in [0.1, 0.15) is 11.6 Å². The Bertz CT molecular complexity index is 1110. The van der Waals surface area contributed by atoms with Gasteiger partial charge in [-0.3, -0.25) is 4.79 Å². The third-order valence-electron chi connectivity index (χ3n) is 4.52. The average Bonchev–Trinajstić information content (AvgIpc) is 2.98. The SMILES string of the molecule is Cc1nn(-c2ccccc2)c(C)c1/C=C(\C#N)C(=O)Nc1cccc(Cl)c1C. The molecule has 0 aliphatic heterocycles. The van der Waals surface area contributed by atoms with E-state index >= 15 is 0 Å². The Morgan fingerprint density at radius 1 is 1.14 bits per heavy atom. The van der Waals surface area contributed by atoms with E-state index in [1.165, 1.54) is 0 Å². The minimum atomic E-state index is -0.487. The van der Waals surface area contributed by atoms with Crippen molar-refractivity contribution in [2.24, 2.45) is 0 Å². The molecule has 2 aromatic carbocycles. The van der Waals surface area contributed by atoms with Crippen molar-refractivity contribution in [3.63, 3.8) is 0 Å². The number of benzene rings is 2. The number of amides is 1. The summed E-state index contributed by atoms with van der Waals surface area (Å²) in [5, 5.41) is 17.4. The van der Waals surface area contributed by atoms with Crippen LogP contribution in [-0.4, -0.2) is 15.7 Å². The van der Waals surface area contributed by atoms with Gasteiger partial charge in [-0.15, -0.1) is 0 Å². The Labute approximate surface area is 168 Å². The first-order valence-electron chi connectivity index (χ1n) is 8.72. The van der Waals surface area contributed by atoms with E-state index in [2.05, 4.69) is 10.4 Å². The average molecular weight is 391 g/mol. The molecule has 5 nitrogen and oxygen atoms in total. The molecule has 0 unspecified atom stereocenters. The van der Waals surface area contributed by atoms with Gasteiger partial charge in [-0.1, -0.05) is 35.9 Å². The first kappa shape index (κ1) is 19.4. The molecule has 6 heteroatoms. The van der Waals surface area contributed by atoms with E-state index in [0.29, 0.717) is 10.7 Å². The molecule has 140 valence electrons. The fraction of sp³-hybridized carbons (Fsp3) is 0.136. The number of para-hydroxylation sites is 1. The number of anilines is 1. The summed E-state index contributed by atoms with van der Waals surface area (Å²) in [7, 11) is 0. The molecule has 3 aromatic rings. The Morgan fingerprint density at radius 2 is 1.86 bits per heavy atom. The van der Waals surface area contributed by atoms with E-state index in [0.717, 1.165) is 28.2 Å². The summed E-state index contributed by atoms with van der Waals surface area (Å²) in [6, 6.07) is 16.9. The number of rotatable bonds is 4. The van der Waals surface area contributed by atoms with Gasteiger partial charge >= 0.3 is 0 Å². The van der Waals surface area contributed by atoms with Gasteiger partial charge in [-0.25, -0.2) is 4.68 Å². The van der Waals surface area contributed by atoms with Gasteiger partial charge in [-0.2, -0.15) is 10.4 Å². The molecule has 0 fully saturated rings. The molecule has 0 aliphatic carbocycles. The van der Waals surface area contributed by atoms with Crippen LogP contribution in [0.15, 0.2) is 54.1 Å². The minimum absolute atomic E-state index is 0.00168. The van der Waals surface area contributed by atoms with E-state index in [9.17, 15) is 10.1 Å². The van der Waals surface area contributed by atoms with Gasteiger partial charge in [0, 0.05) is 22.0 Å². The first-order chi connectivity index (χ1) is 13.4. The zero-order chi connectivity index (χ0) is 20.3. The van der Waals surface area contributed by atoms with Crippen LogP contribution in [0.2, 0.25) is 5.02 Å². The van der Waals surface area contributed by atoms with Crippen LogP contribution in [0.1, 0.15) is 22.5 Å². The predicted octanol–water partition coefficient (Wildman–Crippen LogP) is 5.00. The lowest BCUT2D eigenvalue weighted by atomic mass is 10.1. The van der Waals surface area contributed by atoms with Gasteiger partial charge in [-0.05, 0) is 56.7 Å². The molecule has 1 amide bonds. The van der Waals surface area contributed by atoms with Crippen LogP contribution in [0.25, 0.3) is 11.8 Å². The van der Waals surface area contributed by atoms with E-state index in [1.54, 1.807) is 29.0 Å². The Balaban J connectivity index is 1.95. The number of hydrogen-bond acceptors (Lipinski definition) is 3. The number of nitrogens with zero attached hydrogens (tertiary/aromatic N) is 3. The molecule has 1 N–H and O–H groups in total. The van der Waals surface area contributed by atoms with Crippen molar-refractivity contribution in [3.05, 3.63) is 81.6 Å². The molecule has 0 bridgehead atoms. The zero-order valence-corrected chi connectivity index (χ0v) is 16.6. The molecular formula is C22H19ClN4O. The quantitative estimate of drug-likeness (QED) is 0.503. The first-order valence-corrected chi connectivity index (χ1v) is 9.10. The van der Waals surface area contributed by atoms with Gasteiger partial charge in [0.15, 0.2) is 0 Å². The molecule has 28 heavy (non-hydrogen) atoms. The van der Waals surface area contributed by atoms with Crippen LogP contribution in [-0.2, 0) is 4.79 Å². The Kier molecular flexibility index (Phi) is 5.62. The van der Waals surface area contributed by atoms with Crippen LogP contribution in [0.3, 0.4) is 0 Å². The molecular weight excluding hydrogens is 372 g/mol. The summed E-state index contributed by atoms with van der Waals surface area (Å²) < 4.78 is 1.80. The maximum absolute atomic E-state index is 12.6. The van der Waals surface area contributed by atoms with Crippen molar-refractivity contribution < 1.29 is 4.79 Å². The predicted molar refractivity (Wildman–Crippen MR) is 111 cm³/mol. The summed E-state index contributed by atoms with van der Waals surface area (Å²) in [5.74, 6) is -0.487. The highest BCUT2D eigenvalue weighted by Crippen LogP contribution is 2.24. The van der Waals surface area contributed by atoms with E-state index in [4.69, 9.17) is 11.6 Å². The van der Waals surface area contributed by atoms with Gasteiger partial charge in [0.2, 0.25) is 0 Å². The van der Waals surface area contributed by atoms with Crippen LogP contribution in [0.4, 0.5) is 5.69 Å². The number of aryl methyl sites for hydroxylation is 1. The molecule has 0 saturated heterocycles. The van der Waals surface area contributed by atoms with Crippen molar-refractivity contribution in [2.45, 2.75) is 20.8 Å². The molecule has 0 saturated carbocycles. The highest BCUT2D eigenvalue weighted by Gasteiger charge is 2.16. The molecule has 1 heterocycles. The second-order valence-corrected chi connectivity index (χ2v) is 6.78. The number of aromatic nitrogens is 2. The lowest BCUT2D eigenvalue weighted by molar-refractivity contribution is -0.112. The van der Waals surface area contributed by atoms with Crippen molar-refractivity contribution in [3.8, 4) is 11.8 Å². The molecule has 0 spiro atoms. The van der Waals surface area contributed by atoms with Crippen LogP contribution in [0.5, 0.6) is 0 Å². The van der Waals surface area contributed by atoms with Crippen LogP contribution < -0.4 is 5.32 Å². The molecule has 0 atom stereocenters. The number of carbonyl (C=O) groups excluding carboxylic acids is 1. The Hall–Kier alpha value is -3.36. The number of hydrogen-bond donors (Lipinski definition) is 1. The smallest absolute Gasteiger partial charge is 0.266 e. The molecule has 0 radical (unpaired) electrons. The van der Waals surface area contributed by atoms with Crippen molar-refractivity contribution in [1.82, 2.24) is 9.78 Å². The summed E-state index contributed by atoms with van der Waals surface area (Å²) in [5.41, 5.74) is 4.58. The fourth-order valence-electron chi connectivity index (χ4n) is 2.91. The Morgan fingerprint density at radius 3 is 2.54 bits per heavy atom. The lowest BCUT2D eigenvalue weighted by Crippen LogP contribution is -2.14. The summed E-state index contributed by atoms with van der Waals surface area (Å²) >= 11 is 6.10. The second kappa shape index (κ2) is 8.12. The van der Waals surface area contributed by atoms with Crippen molar-refractivity contribution in [2.75, 3.05) is 5.32 Å². The van der Waals surface area contributed by atoms with Crippen LogP contribution in [0, 0.1) is 32.1 Å². The molecule has 1 aromatic heterocycles. The highest BCUT2D eigenvalue weighted by atomic mass is 35.5. The summed E-state index contributed by atoms with van der Waals surface area (Å²) in [6.45, 7) is 5.57. The number of nitrogens with one attached hydrogen (secondary N) is 1. The summed E-state index contributed by atoms with van der Waals surface area (Å²) in [4.78, 5) is 12.6. The van der Waals surface area contributed by atoms with Gasteiger partial charge in [0.05, 0.1) is 11.4 Å². The maximum Gasteiger partial charge on any atom is 0.266 e. The van der Waals surface area contributed by atoms with Gasteiger partial charge < -0.3 is 5.32 Å². The number of carbonyl (C=O) groups is 1. The minimum Gasteiger partial charge on any atom is -0.321 e. The van der Waals surface area contributed by atoms with Crippen molar-refractivity contribution in [1.29, 1.82) is 5.26 Å². The van der Waals surface area contributed by atoms with E-state index < -0.39 is 5.91 Å². The second-order valence-electron chi connectivity index (χ2n) is 6.37. The molecule has 3 rings (SSSR count). The normalized spacial score (nSPS) is 11.2. The topological polar surface area (TPSA) is 70.7 Å². The third-order valence-corrected chi connectivity index (χ3v) is 4.93. The zero-order valence-electron chi connectivity index (χ0n) is 15.8. The lowest BCUT2D eigenvalue weighted by Gasteiger charge is -2.09. The molecule has 0 aliphatic rings. The highest BCUT2D eigenvalue weighted by molar-refractivity contribution is 6.31. The maximum atomic E-state index is 12.6. The standard InChI is InChI=1S/C22H19ClN4O/c1-14-20(23)10-7-11-21(14)25-22(28)17(13-24)12-19-15(2)26-27(16(19)3)18-8-5-4-6-9-18/h4-12H,1-3H3,(H,25,28)/b17-12+. The third kappa shape index (κ3) is 3.83. The summed E-state index contributed by atoms with van der Waals surface area (Å²) in [6.07, 6.45) is 1.58. The monoisotopic (exact) mass is 390 g/mol.